The zero-order chi connectivity index (χ0) is 14.6. The summed E-state index contributed by atoms with van der Waals surface area (Å²) in [5.41, 5.74) is 2.12. The van der Waals surface area contributed by atoms with Crippen molar-refractivity contribution in [3.63, 3.8) is 0 Å². The predicted molar refractivity (Wildman–Crippen MR) is 82.8 cm³/mol. The van der Waals surface area contributed by atoms with Crippen LogP contribution in [0.1, 0.15) is 51.3 Å². The second-order valence-electron chi connectivity index (χ2n) is 6.14. The van der Waals surface area contributed by atoms with Crippen molar-refractivity contribution in [1.82, 2.24) is 9.88 Å². The summed E-state index contributed by atoms with van der Waals surface area (Å²) in [4.78, 5) is 6.94. The Kier molecular flexibility index (Phi) is 5.17. The molecule has 3 nitrogen and oxygen atoms in total. The molecule has 2 unspecified atom stereocenters. The fourth-order valence-corrected chi connectivity index (χ4v) is 3.10. The number of hydrogen-bond acceptors (Lipinski definition) is 3. The Bertz CT molecular complexity index is 412. The summed E-state index contributed by atoms with van der Waals surface area (Å²) in [6, 6.07) is 4.18. The molecule has 2 atom stereocenters. The maximum Gasteiger partial charge on any atom is 0.0776 e. The Morgan fingerprint density at radius 1 is 1.30 bits per heavy atom. The average Bonchev–Trinajstić information content (AvgIpc) is 3.01. The van der Waals surface area contributed by atoms with E-state index < -0.39 is 0 Å². The summed E-state index contributed by atoms with van der Waals surface area (Å²) in [5.74, 6) is 0. The molecule has 1 aliphatic heterocycles. The number of aryl methyl sites for hydroxylation is 1. The van der Waals surface area contributed by atoms with Crippen LogP contribution >= 0.6 is 0 Å². The summed E-state index contributed by atoms with van der Waals surface area (Å²) in [6.07, 6.45) is 6.71. The van der Waals surface area contributed by atoms with Crippen LogP contribution in [0.25, 0.3) is 0 Å². The number of likely N-dealkylation sites (tertiary alicyclic amines) is 1. The summed E-state index contributed by atoms with van der Waals surface area (Å²) >= 11 is 0. The van der Waals surface area contributed by atoms with E-state index in [1.807, 2.05) is 6.20 Å². The second kappa shape index (κ2) is 6.68. The molecule has 112 valence electrons. The van der Waals surface area contributed by atoms with Crippen molar-refractivity contribution in [2.75, 3.05) is 13.1 Å². The summed E-state index contributed by atoms with van der Waals surface area (Å²) in [5, 5.41) is 10.7. The largest absolute Gasteiger partial charge is 0.391 e. The Balaban J connectivity index is 2.05. The van der Waals surface area contributed by atoms with Crippen LogP contribution in [0.2, 0.25) is 0 Å². The van der Waals surface area contributed by atoms with Crippen molar-refractivity contribution in [2.45, 2.75) is 64.5 Å². The Morgan fingerprint density at radius 2 is 2.00 bits per heavy atom. The molecule has 2 rings (SSSR count). The van der Waals surface area contributed by atoms with Gasteiger partial charge < -0.3 is 5.11 Å². The lowest BCUT2D eigenvalue weighted by Gasteiger charge is -2.42. The van der Waals surface area contributed by atoms with Gasteiger partial charge in [-0.1, -0.05) is 19.9 Å². The molecular formula is C17H28N2O. The van der Waals surface area contributed by atoms with Gasteiger partial charge in [0.2, 0.25) is 0 Å². The molecule has 3 heteroatoms. The van der Waals surface area contributed by atoms with Gasteiger partial charge in [0.15, 0.2) is 0 Å². The highest BCUT2D eigenvalue weighted by molar-refractivity contribution is 5.15. The molecule has 1 aromatic rings. The maximum atomic E-state index is 10.7. The van der Waals surface area contributed by atoms with Gasteiger partial charge in [-0.05, 0) is 57.3 Å². The summed E-state index contributed by atoms with van der Waals surface area (Å²) < 4.78 is 0. The first-order valence-electron chi connectivity index (χ1n) is 7.97. The SMILES string of the molecule is CCc1ccc(CC(O)C(C)(CC)N2CCCC2)nc1. The highest BCUT2D eigenvalue weighted by atomic mass is 16.3. The normalized spacial score (nSPS) is 20.8. The highest BCUT2D eigenvalue weighted by Gasteiger charge is 2.38. The lowest BCUT2D eigenvalue weighted by molar-refractivity contribution is -0.0122. The van der Waals surface area contributed by atoms with E-state index in [0.29, 0.717) is 6.42 Å². The van der Waals surface area contributed by atoms with E-state index in [9.17, 15) is 5.11 Å². The monoisotopic (exact) mass is 276 g/mol. The van der Waals surface area contributed by atoms with Crippen LogP contribution in [0.4, 0.5) is 0 Å². The van der Waals surface area contributed by atoms with Crippen molar-refractivity contribution < 1.29 is 5.11 Å². The van der Waals surface area contributed by atoms with Crippen molar-refractivity contribution >= 4 is 0 Å². The van der Waals surface area contributed by atoms with Crippen LogP contribution in [0.3, 0.4) is 0 Å². The molecule has 0 aromatic carbocycles. The molecule has 1 fully saturated rings. The zero-order valence-electron chi connectivity index (χ0n) is 13.1. The molecular weight excluding hydrogens is 248 g/mol. The van der Waals surface area contributed by atoms with E-state index in [-0.39, 0.29) is 11.6 Å². The van der Waals surface area contributed by atoms with E-state index in [4.69, 9.17) is 0 Å². The molecule has 2 heterocycles. The fraction of sp³-hybridized carbons (Fsp3) is 0.706. The lowest BCUT2D eigenvalue weighted by atomic mass is 9.87. The van der Waals surface area contributed by atoms with Gasteiger partial charge in [0.25, 0.3) is 0 Å². The van der Waals surface area contributed by atoms with E-state index in [1.165, 1.54) is 18.4 Å². The lowest BCUT2D eigenvalue weighted by Crippen LogP contribution is -2.53. The first-order chi connectivity index (χ1) is 9.60. The smallest absolute Gasteiger partial charge is 0.0776 e. The molecule has 1 N–H and O–H groups in total. The molecule has 0 amide bonds. The van der Waals surface area contributed by atoms with Gasteiger partial charge in [-0.15, -0.1) is 0 Å². The van der Waals surface area contributed by atoms with E-state index >= 15 is 0 Å². The van der Waals surface area contributed by atoms with E-state index in [2.05, 4.69) is 42.8 Å². The molecule has 0 radical (unpaired) electrons. The molecule has 20 heavy (non-hydrogen) atoms. The third kappa shape index (κ3) is 3.21. The Labute approximate surface area is 123 Å². The maximum absolute atomic E-state index is 10.7. The molecule has 1 aromatic heterocycles. The topological polar surface area (TPSA) is 36.4 Å². The fourth-order valence-electron chi connectivity index (χ4n) is 3.10. The summed E-state index contributed by atoms with van der Waals surface area (Å²) in [7, 11) is 0. The first-order valence-corrected chi connectivity index (χ1v) is 7.97. The van der Waals surface area contributed by atoms with Crippen LogP contribution in [-0.2, 0) is 12.8 Å². The van der Waals surface area contributed by atoms with Crippen LogP contribution < -0.4 is 0 Å². The number of rotatable bonds is 6. The molecule has 0 saturated carbocycles. The van der Waals surface area contributed by atoms with Crippen molar-refractivity contribution in [1.29, 1.82) is 0 Å². The predicted octanol–water partition coefficient (Wildman–Crippen LogP) is 2.81. The van der Waals surface area contributed by atoms with Gasteiger partial charge in [0, 0.05) is 23.9 Å². The number of aromatic nitrogens is 1. The number of aliphatic hydroxyl groups excluding tert-OH is 1. The first kappa shape index (κ1) is 15.5. The minimum Gasteiger partial charge on any atom is -0.391 e. The van der Waals surface area contributed by atoms with Crippen LogP contribution in [0.15, 0.2) is 18.3 Å². The van der Waals surface area contributed by atoms with Gasteiger partial charge in [-0.2, -0.15) is 0 Å². The van der Waals surface area contributed by atoms with Gasteiger partial charge in [0.1, 0.15) is 0 Å². The van der Waals surface area contributed by atoms with Gasteiger partial charge in [-0.25, -0.2) is 0 Å². The highest BCUT2D eigenvalue weighted by Crippen LogP contribution is 2.29. The molecule has 0 spiro atoms. The van der Waals surface area contributed by atoms with Crippen LogP contribution in [0, 0.1) is 0 Å². The van der Waals surface area contributed by atoms with Crippen molar-refractivity contribution in [3.05, 3.63) is 29.6 Å². The zero-order valence-corrected chi connectivity index (χ0v) is 13.1. The van der Waals surface area contributed by atoms with E-state index in [0.717, 1.165) is 31.6 Å². The van der Waals surface area contributed by atoms with Gasteiger partial charge >= 0.3 is 0 Å². The summed E-state index contributed by atoms with van der Waals surface area (Å²) in [6.45, 7) is 8.73. The van der Waals surface area contributed by atoms with E-state index in [1.54, 1.807) is 0 Å². The quantitative estimate of drug-likeness (QED) is 0.868. The average molecular weight is 276 g/mol. The Morgan fingerprint density at radius 3 is 2.50 bits per heavy atom. The standard InChI is InChI=1S/C17H28N2O/c1-4-14-8-9-15(18-13-14)12-16(20)17(3,5-2)19-10-6-7-11-19/h8-9,13,16,20H,4-7,10-12H2,1-3H3. The van der Waals surface area contributed by atoms with Crippen LogP contribution in [0.5, 0.6) is 0 Å². The molecule has 0 aliphatic carbocycles. The van der Waals surface area contributed by atoms with Crippen LogP contribution in [-0.4, -0.2) is 39.7 Å². The molecule has 1 saturated heterocycles. The van der Waals surface area contributed by atoms with Crippen molar-refractivity contribution in [2.24, 2.45) is 0 Å². The van der Waals surface area contributed by atoms with Crippen molar-refractivity contribution in [3.8, 4) is 0 Å². The number of nitrogens with zero attached hydrogens (tertiary/aromatic N) is 2. The minimum absolute atomic E-state index is 0.123. The number of pyridine rings is 1. The second-order valence-corrected chi connectivity index (χ2v) is 6.14. The third-order valence-electron chi connectivity index (χ3n) is 4.96. The van der Waals surface area contributed by atoms with Gasteiger partial charge in [-0.3, -0.25) is 9.88 Å². The number of aliphatic hydroxyl groups is 1. The molecule has 0 bridgehead atoms. The third-order valence-corrected chi connectivity index (χ3v) is 4.96. The molecule has 1 aliphatic rings. The minimum atomic E-state index is -0.356. The Hall–Kier alpha value is -0.930. The number of hydrogen-bond donors (Lipinski definition) is 1. The van der Waals surface area contributed by atoms with Gasteiger partial charge in [0.05, 0.1) is 6.10 Å².